The monoisotopic (exact) mass is 389 g/mol. The topological polar surface area (TPSA) is 49.6 Å². The number of rotatable bonds is 2. The second-order valence-electron chi connectivity index (χ2n) is 7.78. The lowest BCUT2D eigenvalue weighted by atomic mass is 9.99. The van der Waals surface area contributed by atoms with Crippen LogP contribution in [0.2, 0.25) is 0 Å². The Balaban J connectivity index is 1.84. The van der Waals surface area contributed by atoms with E-state index in [4.69, 9.17) is 8.83 Å². The zero-order valence-electron chi connectivity index (χ0n) is 17.1. The molecule has 0 unspecified atom stereocenters. The number of nitrogens with zero attached hydrogens (tertiary/aromatic N) is 2. The van der Waals surface area contributed by atoms with Gasteiger partial charge in [-0.05, 0) is 50.5 Å². The Morgan fingerprint density at radius 3 is 2.62 bits per heavy atom. The van der Waals surface area contributed by atoms with Crippen LogP contribution in [0.25, 0.3) is 32.9 Å². The van der Waals surface area contributed by atoms with E-state index >= 15 is 0 Å². The van der Waals surface area contributed by atoms with Crippen LogP contribution in [0, 0.1) is 0 Å². The highest BCUT2D eigenvalue weighted by Gasteiger charge is 2.18. The number of benzene rings is 2. The second kappa shape index (κ2) is 6.76. The van der Waals surface area contributed by atoms with Gasteiger partial charge in [0.05, 0.1) is 11.5 Å². The molecule has 5 nitrogen and oxygen atoms in total. The molecule has 0 saturated carbocycles. The van der Waals surface area contributed by atoms with E-state index in [1.165, 1.54) is 11.3 Å². The zero-order valence-corrected chi connectivity index (χ0v) is 17.1. The van der Waals surface area contributed by atoms with Crippen LogP contribution in [0.4, 0.5) is 5.69 Å². The summed E-state index contributed by atoms with van der Waals surface area (Å²) in [7, 11) is 2.11. The molecular weight excluding hydrogens is 364 g/mol. The highest BCUT2D eigenvalue weighted by atomic mass is 16.4. The van der Waals surface area contributed by atoms with E-state index in [0.29, 0.717) is 16.6 Å². The first-order valence-corrected chi connectivity index (χ1v) is 10.4. The van der Waals surface area contributed by atoms with Gasteiger partial charge in [-0.25, -0.2) is 9.37 Å². The Bertz CT molecular complexity index is 1390. The molecule has 148 valence electrons. The Hall–Kier alpha value is -3.08. The smallest absolute Gasteiger partial charge is 0.347 e. The molecule has 5 heteroatoms. The van der Waals surface area contributed by atoms with Crippen LogP contribution in [0.5, 0.6) is 0 Å². The molecule has 4 aromatic rings. The lowest BCUT2D eigenvalue weighted by Crippen LogP contribution is -2.29. The molecule has 0 atom stereocenters. The summed E-state index contributed by atoms with van der Waals surface area (Å²) in [5.41, 5.74) is 4.10. The summed E-state index contributed by atoms with van der Waals surface area (Å²) < 4.78 is 14.2. The van der Waals surface area contributed by atoms with Gasteiger partial charge in [-0.15, -0.1) is 0 Å². The predicted octanol–water partition coefficient (Wildman–Crippen LogP) is 3.89. The number of fused-ring (bicyclic) bond motifs is 5. The summed E-state index contributed by atoms with van der Waals surface area (Å²) in [4.78, 5) is 15.0. The number of aryl methyl sites for hydroxylation is 1. The normalized spacial score (nSPS) is 14.0. The predicted molar refractivity (Wildman–Crippen MR) is 118 cm³/mol. The third-order valence-corrected chi connectivity index (χ3v) is 6.08. The molecule has 0 bridgehead atoms. The molecule has 2 aromatic heterocycles. The maximum Gasteiger partial charge on any atom is 0.347 e. The fourth-order valence-electron chi connectivity index (χ4n) is 4.48. The Morgan fingerprint density at radius 1 is 1.00 bits per heavy atom. The summed E-state index contributed by atoms with van der Waals surface area (Å²) in [6.07, 6.45) is 2.19. The van der Waals surface area contributed by atoms with Crippen LogP contribution in [-0.4, -0.2) is 26.7 Å². The SMILES string of the molecule is CC[N+](CC)=c1ccc2c(c1)oc(=O)c1cc3cc4c(cc3oc12)N(C)CCC4. The molecule has 0 fully saturated rings. The minimum absolute atomic E-state index is 0.357. The van der Waals surface area contributed by atoms with Gasteiger partial charge in [-0.1, -0.05) is 0 Å². The standard InChI is InChI=1S/C24H25N2O3/c1-4-26(5-2)17-8-9-18-22(13-17)29-24(27)19-12-16-11-15-7-6-10-25(3)20(15)14-21(16)28-23(18)19/h8-9,11-14H,4-7,10H2,1-3H3/q+1. The minimum atomic E-state index is -0.357. The van der Waals surface area contributed by atoms with Crippen LogP contribution in [-0.2, 0) is 6.42 Å². The fraction of sp³-hybridized carbons (Fsp3) is 0.333. The molecule has 2 aromatic carbocycles. The first-order valence-electron chi connectivity index (χ1n) is 10.4. The molecule has 0 radical (unpaired) electrons. The Morgan fingerprint density at radius 2 is 1.83 bits per heavy atom. The molecule has 3 heterocycles. The van der Waals surface area contributed by atoms with E-state index in [-0.39, 0.29) is 5.63 Å². The maximum atomic E-state index is 12.7. The van der Waals surface area contributed by atoms with Gasteiger partial charge in [-0.3, -0.25) is 0 Å². The molecule has 0 aliphatic carbocycles. The summed E-state index contributed by atoms with van der Waals surface area (Å²) in [6, 6.07) is 12.2. The summed E-state index contributed by atoms with van der Waals surface area (Å²) in [5.74, 6) is 0. The van der Waals surface area contributed by atoms with Crippen molar-refractivity contribution in [1.29, 1.82) is 0 Å². The van der Waals surface area contributed by atoms with Crippen LogP contribution in [0.15, 0.2) is 50.0 Å². The van der Waals surface area contributed by atoms with Crippen molar-refractivity contribution < 1.29 is 8.83 Å². The van der Waals surface area contributed by atoms with Gasteiger partial charge < -0.3 is 13.7 Å². The summed E-state index contributed by atoms with van der Waals surface area (Å²) in [6.45, 7) is 7.07. The van der Waals surface area contributed by atoms with Crippen LogP contribution < -0.4 is 20.5 Å². The zero-order chi connectivity index (χ0) is 20.1. The van der Waals surface area contributed by atoms with Gasteiger partial charge in [-0.2, -0.15) is 0 Å². The largest absolute Gasteiger partial charge is 0.455 e. The van der Waals surface area contributed by atoms with Crippen LogP contribution >= 0.6 is 0 Å². The van der Waals surface area contributed by atoms with E-state index < -0.39 is 0 Å². The Labute approximate surface area is 168 Å². The lowest BCUT2D eigenvalue weighted by Gasteiger charge is -2.27. The molecular formula is C24H25N2O3+. The van der Waals surface area contributed by atoms with Crippen LogP contribution in [0.1, 0.15) is 25.8 Å². The van der Waals surface area contributed by atoms with Crippen molar-refractivity contribution in [3.8, 4) is 0 Å². The molecule has 1 aliphatic heterocycles. The van der Waals surface area contributed by atoms with Gasteiger partial charge in [0.25, 0.3) is 0 Å². The first kappa shape index (κ1) is 18.0. The van der Waals surface area contributed by atoms with E-state index in [0.717, 1.165) is 54.2 Å². The van der Waals surface area contributed by atoms with E-state index in [1.807, 2.05) is 18.2 Å². The van der Waals surface area contributed by atoms with Gasteiger partial charge >= 0.3 is 5.63 Å². The average Bonchev–Trinajstić information content (AvgIpc) is 2.73. The van der Waals surface area contributed by atoms with Crippen molar-refractivity contribution in [2.45, 2.75) is 26.7 Å². The van der Waals surface area contributed by atoms with Gasteiger partial charge in [0.15, 0.2) is 5.58 Å². The van der Waals surface area contributed by atoms with Crippen molar-refractivity contribution in [1.82, 2.24) is 4.58 Å². The van der Waals surface area contributed by atoms with Gasteiger partial charge in [0, 0.05) is 36.8 Å². The van der Waals surface area contributed by atoms with E-state index in [9.17, 15) is 4.79 Å². The first-order chi connectivity index (χ1) is 14.1. The second-order valence-corrected chi connectivity index (χ2v) is 7.78. The van der Waals surface area contributed by atoms with Gasteiger partial charge in [0.1, 0.15) is 29.6 Å². The van der Waals surface area contributed by atoms with Crippen molar-refractivity contribution >= 4 is 38.6 Å². The number of hydrogen-bond acceptors (Lipinski definition) is 4. The molecule has 1 aliphatic rings. The van der Waals surface area contributed by atoms with Crippen molar-refractivity contribution in [3.05, 3.63) is 57.7 Å². The highest BCUT2D eigenvalue weighted by molar-refractivity contribution is 6.04. The van der Waals surface area contributed by atoms with Gasteiger partial charge in [0.2, 0.25) is 5.36 Å². The maximum absolute atomic E-state index is 12.7. The molecule has 0 N–H and O–H groups in total. The van der Waals surface area contributed by atoms with Crippen molar-refractivity contribution in [2.24, 2.45) is 0 Å². The summed E-state index contributed by atoms with van der Waals surface area (Å²) >= 11 is 0. The third-order valence-electron chi connectivity index (χ3n) is 6.08. The Kier molecular flexibility index (Phi) is 4.19. The average molecular weight is 389 g/mol. The third kappa shape index (κ3) is 2.84. The quantitative estimate of drug-likeness (QED) is 0.226. The van der Waals surface area contributed by atoms with Crippen molar-refractivity contribution in [3.63, 3.8) is 0 Å². The van der Waals surface area contributed by atoms with E-state index in [2.05, 4.69) is 48.6 Å². The fourth-order valence-corrected chi connectivity index (χ4v) is 4.48. The van der Waals surface area contributed by atoms with Crippen molar-refractivity contribution in [2.75, 3.05) is 31.6 Å². The number of hydrogen-bond donors (Lipinski definition) is 0. The molecule has 29 heavy (non-hydrogen) atoms. The lowest BCUT2D eigenvalue weighted by molar-refractivity contribution is 0.561. The highest BCUT2D eigenvalue weighted by Crippen LogP contribution is 2.33. The number of anilines is 1. The minimum Gasteiger partial charge on any atom is -0.455 e. The van der Waals surface area contributed by atoms with Crippen LogP contribution in [0.3, 0.4) is 0 Å². The van der Waals surface area contributed by atoms with E-state index in [1.54, 1.807) is 0 Å². The molecule has 0 saturated heterocycles. The summed E-state index contributed by atoms with van der Waals surface area (Å²) in [5, 5.41) is 3.30. The molecule has 0 spiro atoms. The molecule has 0 amide bonds. The molecule has 5 rings (SSSR count).